The molecule has 1 saturated heterocycles. The largest absolute Gasteiger partial charge is 0.487 e. The van der Waals surface area contributed by atoms with Gasteiger partial charge in [0.2, 0.25) is 5.95 Å². The number of imidazole rings is 2. The van der Waals surface area contributed by atoms with Crippen LogP contribution in [0.1, 0.15) is 49.9 Å². The third-order valence-electron chi connectivity index (χ3n) is 6.15. The number of hydrogen-bond acceptors (Lipinski definition) is 4. The van der Waals surface area contributed by atoms with Gasteiger partial charge in [0.1, 0.15) is 17.9 Å². The zero-order valence-corrected chi connectivity index (χ0v) is 18.2. The summed E-state index contributed by atoms with van der Waals surface area (Å²) in [5.74, 6) is 2.48. The Kier molecular flexibility index (Phi) is 5.37. The lowest BCUT2D eigenvalue weighted by atomic mass is 9.94. The first kappa shape index (κ1) is 19.7. The van der Waals surface area contributed by atoms with Crippen LogP contribution in [0.4, 0.5) is 5.95 Å². The Bertz CT molecular complexity index is 1130. The number of anilines is 1. The number of nitrogens with zero attached hydrogens (tertiary/aromatic N) is 4. The summed E-state index contributed by atoms with van der Waals surface area (Å²) in [4.78, 5) is 14.9. The van der Waals surface area contributed by atoms with Crippen molar-refractivity contribution in [2.45, 2.75) is 45.3 Å². The van der Waals surface area contributed by atoms with Gasteiger partial charge in [-0.3, -0.25) is 0 Å². The molecule has 0 spiro atoms. The first-order valence-electron chi connectivity index (χ1n) is 11.1. The number of para-hydroxylation sites is 1. The summed E-state index contributed by atoms with van der Waals surface area (Å²) in [6, 6.07) is 16.8. The summed E-state index contributed by atoms with van der Waals surface area (Å²) in [6.45, 7) is 6.96. The number of fused-ring (bicyclic) bond motifs is 1. The van der Waals surface area contributed by atoms with E-state index in [0.717, 1.165) is 54.2 Å². The number of nitrogens with one attached hydrogen (secondary N) is 1. The minimum absolute atomic E-state index is 0.284. The van der Waals surface area contributed by atoms with Crippen LogP contribution in [0.15, 0.2) is 61.1 Å². The molecule has 2 aromatic heterocycles. The molecular formula is C25H29N5O. The maximum Gasteiger partial charge on any atom is 0.206 e. The first-order chi connectivity index (χ1) is 15.2. The molecule has 6 nitrogen and oxygen atoms in total. The van der Waals surface area contributed by atoms with Gasteiger partial charge in [-0.05, 0) is 44.4 Å². The standard InChI is InChI=1S/C25H29N5O/c1-18(2)30-24-21(9-6-10-23(24)31-16-19-7-4-3-5-8-19)28-25(30)29-13-11-20(12-14-29)22-15-26-17-27-22/h3-10,15,17-18,20H,11-14,16H2,1-2H3,(H,26,27). The Morgan fingerprint density at radius 3 is 2.58 bits per heavy atom. The van der Waals surface area contributed by atoms with Crippen LogP contribution in [0, 0.1) is 0 Å². The molecule has 31 heavy (non-hydrogen) atoms. The van der Waals surface area contributed by atoms with E-state index in [1.807, 2.05) is 30.5 Å². The SMILES string of the molecule is CC(C)n1c(N2CCC(c3cnc[nH]3)CC2)nc2cccc(OCc3ccccc3)c21. The molecule has 0 saturated carbocycles. The fourth-order valence-electron chi connectivity index (χ4n) is 4.55. The lowest BCUT2D eigenvalue weighted by Gasteiger charge is -2.33. The average Bonchev–Trinajstić information content (AvgIpc) is 3.47. The number of H-pyrrole nitrogens is 1. The van der Waals surface area contributed by atoms with Gasteiger partial charge in [0, 0.05) is 36.9 Å². The molecule has 0 radical (unpaired) electrons. The van der Waals surface area contributed by atoms with Crippen molar-refractivity contribution in [3.63, 3.8) is 0 Å². The van der Waals surface area contributed by atoms with Crippen LogP contribution in [0.5, 0.6) is 5.75 Å². The quantitative estimate of drug-likeness (QED) is 0.464. The molecule has 2 aromatic carbocycles. The van der Waals surface area contributed by atoms with Crippen LogP contribution in [-0.2, 0) is 6.61 Å². The lowest BCUT2D eigenvalue weighted by Crippen LogP contribution is -2.35. The third kappa shape index (κ3) is 3.90. The van der Waals surface area contributed by atoms with Crippen molar-refractivity contribution in [1.82, 2.24) is 19.5 Å². The fourth-order valence-corrected chi connectivity index (χ4v) is 4.55. The van der Waals surface area contributed by atoms with Crippen molar-refractivity contribution in [2.75, 3.05) is 18.0 Å². The van der Waals surface area contributed by atoms with E-state index >= 15 is 0 Å². The molecule has 6 heteroatoms. The number of piperidine rings is 1. The van der Waals surface area contributed by atoms with Gasteiger partial charge in [-0.1, -0.05) is 36.4 Å². The van der Waals surface area contributed by atoms with Gasteiger partial charge < -0.3 is 19.2 Å². The molecule has 0 unspecified atom stereocenters. The highest BCUT2D eigenvalue weighted by Crippen LogP contribution is 2.36. The molecular weight excluding hydrogens is 386 g/mol. The number of aromatic nitrogens is 4. The molecule has 3 heterocycles. The van der Waals surface area contributed by atoms with E-state index in [4.69, 9.17) is 9.72 Å². The zero-order valence-electron chi connectivity index (χ0n) is 18.2. The van der Waals surface area contributed by atoms with Crippen molar-refractivity contribution in [3.8, 4) is 5.75 Å². The van der Waals surface area contributed by atoms with Crippen LogP contribution in [-0.4, -0.2) is 32.6 Å². The van der Waals surface area contributed by atoms with Crippen molar-refractivity contribution >= 4 is 17.0 Å². The van der Waals surface area contributed by atoms with Crippen LogP contribution in [0.3, 0.4) is 0 Å². The summed E-state index contributed by atoms with van der Waals surface area (Å²) in [5, 5.41) is 0. The number of hydrogen-bond donors (Lipinski definition) is 1. The second-order valence-corrected chi connectivity index (χ2v) is 8.54. The molecule has 0 atom stereocenters. The van der Waals surface area contributed by atoms with E-state index in [1.54, 1.807) is 6.33 Å². The molecule has 4 aromatic rings. The molecule has 0 bridgehead atoms. The van der Waals surface area contributed by atoms with Crippen LogP contribution in [0.25, 0.3) is 11.0 Å². The van der Waals surface area contributed by atoms with E-state index < -0.39 is 0 Å². The minimum atomic E-state index is 0.284. The summed E-state index contributed by atoms with van der Waals surface area (Å²) >= 11 is 0. The Morgan fingerprint density at radius 2 is 1.87 bits per heavy atom. The van der Waals surface area contributed by atoms with E-state index in [0.29, 0.717) is 12.5 Å². The van der Waals surface area contributed by atoms with Gasteiger partial charge in [-0.2, -0.15) is 0 Å². The van der Waals surface area contributed by atoms with Gasteiger partial charge in [0.25, 0.3) is 0 Å². The maximum absolute atomic E-state index is 6.27. The number of ether oxygens (including phenoxy) is 1. The minimum Gasteiger partial charge on any atom is -0.487 e. The van der Waals surface area contributed by atoms with Gasteiger partial charge in [-0.15, -0.1) is 0 Å². The molecule has 1 aliphatic rings. The fraction of sp³-hybridized carbons (Fsp3) is 0.360. The second kappa shape index (κ2) is 8.46. The predicted octanol–water partition coefficient (Wildman–Crippen LogP) is 5.30. The number of benzene rings is 2. The Hall–Kier alpha value is -3.28. The van der Waals surface area contributed by atoms with Crippen LogP contribution < -0.4 is 9.64 Å². The van der Waals surface area contributed by atoms with Crippen LogP contribution >= 0.6 is 0 Å². The lowest BCUT2D eigenvalue weighted by molar-refractivity contribution is 0.308. The van der Waals surface area contributed by atoms with E-state index in [9.17, 15) is 0 Å². The molecule has 0 amide bonds. The molecule has 160 valence electrons. The van der Waals surface area contributed by atoms with Crippen molar-refractivity contribution in [3.05, 3.63) is 72.3 Å². The summed E-state index contributed by atoms with van der Waals surface area (Å²) in [7, 11) is 0. The number of rotatable bonds is 6. The summed E-state index contributed by atoms with van der Waals surface area (Å²) < 4.78 is 8.61. The monoisotopic (exact) mass is 415 g/mol. The highest BCUT2D eigenvalue weighted by molar-refractivity contribution is 5.85. The Balaban J connectivity index is 1.43. The molecule has 0 aliphatic carbocycles. The maximum atomic E-state index is 6.27. The van der Waals surface area contributed by atoms with Gasteiger partial charge in [-0.25, -0.2) is 9.97 Å². The highest BCUT2D eigenvalue weighted by atomic mass is 16.5. The van der Waals surface area contributed by atoms with E-state index in [2.05, 4.69) is 57.5 Å². The molecule has 1 aliphatic heterocycles. The second-order valence-electron chi connectivity index (χ2n) is 8.54. The Labute approximate surface area is 182 Å². The van der Waals surface area contributed by atoms with Crippen molar-refractivity contribution < 1.29 is 4.74 Å². The van der Waals surface area contributed by atoms with Gasteiger partial charge >= 0.3 is 0 Å². The van der Waals surface area contributed by atoms with E-state index in [1.165, 1.54) is 5.69 Å². The number of aromatic amines is 1. The smallest absolute Gasteiger partial charge is 0.206 e. The van der Waals surface area contributed by atoms with Crippen LogP contribution in [0.2, 0.25) is 0 Å². The van der Waals surface area contributed by atoms with Gasteiger partial charge in [0.15, 0.2) is 0 Å². The third-order valence-corrected chi connectivity index (χ3v) is 6.15. The average molecular weight is 416 g/mol. The van der Waals surface area contributed by atoms with E-state index in [-0.39, 0.29) is 6.04 Å². The predicted molar refractivity (Wildman–Crippen MR) is 124 cm³/mol. The first-order valence-corrected chi connectivity index (χ1v) is 11.1. The van der Waals surface area contributed by atoms with Crippen molar-refractivity contribution in [1.29, 1.82) is 0 Å². The topological polar surface area (TPSA) is 59.0 Å². The summed E-state index contributed by atoms with van der Waals surface area (Å²) in [6.07, 6.45) is 5.93. The normalized spacial score (nSPS) is 15.1. The molecule has 1 fully saturated rings. The molecule has 5 rings (SSSR count). The Morgan fingerprint density at radius 1 is 1.06 bits per heavy atom. The highest BCUT2D eigenvalue weighted by Gasteiger charge is 2.27. The molecule has 1 N–H and O–H groups in total. The van der Waals surface area contributed by atoms with Gasteiger partial charge in [0.05, 0.1) is 11.8 Å². The van der Waals surface area contributed by atoms with Crippen molar-refractivity contribution in [2.24, 2.45) is 0 Å². The summed E-state index contributed by atoms with van der Waals surface area (Å²) in [5.41, 5.74) is 4.48. The zero-order chi connectivity index (χ0) is 21.2.